The third-order valence-electron chi connectivity index (χ3n) is 5.63. The highest BCUT2D eigenvalue weighted by Crippen LogP contribution is 2.32. The van der Waals surface area contributed by atoms with E-state index >= 15 is 0 Å². The molecule has 1 aromatic heterocycles. The van der Waals surface area contributed by atoms with Crippen LogP contribution < -0.4 is 15.1 Å². The number of carbonyl (C=O) groups is 2. The first-order valence-corrected chi connectivity index (χ1v) is 10.6. The van der Waals surface area contributed by atoms with Gasteiger partial charge in [0.15, 0.2) is 0 Å². The van der Waals surface area contributed by atoms with Gasteiger partial charge in [0.25, 0.3) is 0 Å². The average Bonchev–Trinajstić information content (AvgIpc) is 3.34. The Labute approximate surface area is 168 Å². The van der Waals surface area contributed by atoms with Crippen LogP contribution in [0.4, 0.5) is 16.0 Å². The van der Waals surface area contributed by atoms with Gasteiger partial charge in [0.05, 0.1) is 5.92 Å². The van der Waals surface area contributed by atoms with Crippen molar-refractivity contribution in [3.8, 4) is 0 Å². The number of carbonyl (C=O) groups excluding carboxylic acids is 2. The van der Waals surface area contributed by atoms with E-state index in [-0.39, 0.29) is 17.7 Å². The van der Waals surface area contributed by atoms with Gasteiger partial charge in [-0.1, -0.05) is 23.5 Å². The summed E-state index contributed by atoms with van der Waals surface area (Å²) >= 11 is 1.44. The molecule has 1 atom stereocenters. The second-order valence-corrected chi connectivity index (χ2v) is 8.47. The number of rotatable bonds is 4. The normalized spacial score (nSPS) is 19.9. The topological polar surface area (TPSA) is 78.4 Å². The number of hydrogen-bond acceptors (Lipinski definition) is 6. The van der Waals surface area contributed by atoms with Crippen LogP contribution in [0.5, 0.6) is 0 Å². The zero-order valence-electron chi connectivity index (χ0n) is 16.3. The highest BCUT2D eigenvalue weighted by molar-refractivity contribution is 7.19. The molecule has 2 aromatic rings. The highest BCUT2D eigenvalue weighted by Gasteiger charge is 2.30. The van der Waals surface area contributed by atoms with E-state index in [1.54, 1.807) is 4.90 Å². The summed E-state index contributed by atoms with van der Waals surface area (Å²) in [6.45, 7) is 6.27. The summed E-state index contributed by atoms with van der Waals surface area (Å²) in [6.07, 6.45) is 3.25. The Morgan fingerprint density at radius 1 is 1.18 bits per heavy atom. The van der Waals surface area contributed by atoms with Gasteiger partial charge >= 0.3 is 0 Å². The van der Waals surface area contributed by atoms with E-state index in [0.717, 1.165) is 42.2 Å². The molecule has 8 heteroatoms. The van der Waals surface area contributed by atoms with Crippen LogP contribution >= 0.6 is 11.3 Å². The highest BCUT2D eigenvalue weighted by atomic mass is 32.1. The molecule has 7 nitrogen and oxygen atoms in total. The summed E-state index contributed by atoms with van der Waals surface area (Å²) in [7, 11) is 0. The molecule has 28 heavy (non-hydrogen) atoms. The maximum atomic E-state index is 12.8. The van der Waals surface area contributed by atoms with Gasteiger partial charge in [-0.3, -0.25) is 14.5 Å². The van der Waals surface area contributed by atoms with Crippen molar-refractivity contribution in [3.05, 3.63) is 29.3 Å². The first-order valence-electron chi connectivity index (χ1n) is 9.79. The Kier molecular flexibility index (Phi) is 5.30. The van der Waals surface area contributed by atoms with Crippen LogP contribution in [0, 0.1) is 19.8 Å². The molecule has 2 aliphatic heterocycles. The van der Waals surface area contributed by atoms with Crippen LogP contribution in [0.1, 0.15) is 36.8 Å². The third-order valence-corrected chi connectivity index (χ3v) is 6.64. The van der Waals surface area contributed by atoms with E-state index < -0.39 is 0 Å². The van der Waals surface area contributed by atoms with Crippen molar-refractivity contribution in [2.75, 3.05) is 34.8 Å². The molecule has 0 spiro atoms. The Morgan fingerprint density at radius 3 is 2.79 bits per heavy atom. The zero-order valence-corrected chi connectivity index (χ0v) is 17.1. The first kappa shape index (κ1) is 18.9. The molecule has 2 amide bonds. The van der Waals surface area contributed by atoms with Gasteiger partial charge in [-0.15, -0.1) is 10.2 Å². The monoisotopic (exact) mass is 399 g/mol. The van der Waals surface area contributed by atoms with Crippen molar-refractivity contribution >= 4 is 39.1 Å². The van der Waals surface area contributed by atoms with Gasteiger partial charge in [0.2, 0.25) is 22.1 Å². The molecule has 0 unspecified atom stereocenters. The minimum atomic E-state index is -0.0885. The summed E-state index contributed by atoms with van der Waals surface area (Å²) in [5.74, 6) is 0.0828. The minimum Gasteiger partial charge on any atom is -0.346 e. The number of anilines is 3. The largest absolute Gasteiger partial charge is 0.346 e. The Bertz CT molecular complexity index is 896. The lowest BCUT2D eigenvalue weighted by Crippen LogP contribution is -2.40. The molecule has 0 radical (unpaired) electrons. The Morgan fingerprint density at radius 2 is 2.00 bits per heavy atom. The number of aromatic nitrogens is 2. The number of hydrogen-bond donors (Lipinski definition) is 1. The molecule has 2 fully saturated rings. The fourth-order valence-corrected chi connectivity index (χ4v) is 4.71. The van der Waals surface area contributed by atoms with Crippen molar-refractivity contribution in [2.24, 2.45) is 5.92 Å². The fourth-order valence-electron chi connectivity index (χ4n) is 3.78. The van der Waals surface area contributed by atoms with Crippen molar-refractivity contribution < 1.29 is 9.59 Å². The van der Waals surface area contributed by atoms with Gasteiger partial charge in [-0.05, 0) is 50.3 Å². The van der Waals surface area contributed by atoms with Gasteiger partial charge in [-0.25, -0.2) is 0 Å². The third kappa shape index (κ3) is 3.73. The SMILES string of the molecule is Cc1cccc(NC(=O)[C@H]2CCCN(c3nnc(N4CCCC4=O)s3)C2)c1C. The van der Waals surface area contributed by atoms with Crippen molar-refractivity contribution in [1.29, 1.82) is 0 Å². The number of piperidine rings is 1. The van der Waals surface area contributed by atoms with Crippen molar-refractivity contribution in [2.45, 2.75) is 39.5 Å². The lowest BCUT2D eigenvalue weighted by molar-refractivity contribution is -0.120. The maximum absolute atomic E-state index is 12.8. The van der Waals surface area contributed by atoms with Gasteiger partial charge < -0.3 is 10.2 Å². The lowest BCUT2D eigenvalue weighted by Gasteiger charge is -2.31. The molecule has 0 bridgehead atoms. The molecule has 0 aliphatic carbocycles. The van der Waals surface area contributed by atoms with E-state index in [1.807, 2.05) is 32.0 Å². The molecule has 2 aliphatic rings. The van der Waals surface area contributed by atoms with E-state index in [9.17, 15) is 9.59 Å². The Hall–Kier alpha value is -2.48. The second-order valence-electron chi connectivity index (χ2n) is 7.54. The molecular formula is C20H25N5O2S. The molecule has 3 heterocycles. The molecule has 148 valence electrons. The predicted molar refractivity (Wildman–Crippen MR) is 111 cm³/mol. The zero-order chi connectivity index (χ0) is 19.7. The van der Waals surface area contributed by atoms with Crippen molar-refractivity contribution in [1.82, 2.24) is 10.2 Å². The Balaban J connectivity index is 1.43. The summed E-state index contributed by atoms with van der Waals surface area (Å²) in [5, 5.41) is 13.1. The smallest absolute Gasteiger partial charge is 0.229 e. The number of nitrogens with one attached hydrogen (secondary N) is 1. The van der Waals surface area contributed by atoms with E-state index in [0.29, 0.717) is 24.6 Å². The number of aryl methyl sites for hydroxylation is 1. The van der Waals surface area contributed by atoms with E-state index in [1.165, 1.54) is 16.9 Å². The second kappa shape index (κ2) is 7.87. The number of benzene rings is 1. The number of amides is 2. The molecule has 4 rings (SSSR count). The van der Waals surface area contributed by atoms with E-state index in [4.69, 9.17) is 0 Å². The summed E-state index contributed by atoms with van der Waals surface area (Å²) < 4.78 is 0. The van der Waals surface area contributed by atoms with Gasteiger partial charge in [0.1, 0.15) is 0 Å². The van der Waals surface area contributed by atoms with Crippen LogP contribution in [0.25, 0.3) is 0 Å². The molecule has 0 saturated carbocycles. The van der Waals surface area contributed by atoms with Crippen LogP contribution in [-0.2, 0) is 9.59 Å². The standard InChI is InChI=1S/C20H25N5O2S/c1-13-6-3-8-16(14(13)2)21-18(27)15-7-4-10-24(12-15)19-22-23-20(28-19)25-11-5-9-17(25)26/h3,6,8,15H,4-5,7,9-12H2,1-2H3,(H,21,27)/t15-/m0/s1. The van der Waals surface area contributed by atoms with Crippen LogP contribution in [0.15, 0.2) is 18.2 Å². The summed E-state index contributed by atoms with van der Waals surface area (Å²) in [4.78, 5) is 28.6. The minimum absolute atomic E-state index is 0.0536. The van der Waals surface area contributed by atoms with Crippen LogP contribution in [-0.4, -0.2) is 41.6 Å². The lowest BCUT2D eigenvalue weighted by atomic mass is 9.97. The first-order chi connectivity index (χ1) is 13.5. The fraction of sp³-hybridized carbons (Fsp3) is 0.500. The molecule has 2 saturated heterocycles. The number of nitrogens with zero attached hydrogens (tertiary/aromatic N) is 4. The van der Waals surface area contributed by atoms with E-state index in [2.05, 4.69) is 20.4 Å². The van der Waals surface area contributed by atoms with Gasteiger partial charge in [0, 0.05) is 31.7 Å². The van der Waals surface area contributed by atoms with Gasteiger partial charge in [-0.2, -0.15) is 0 Å². The van der Waals surface area contributed by atoms with Crippen LogP contribution in [0.3, 0.4) is 0 Å². The average molecular weight is 400 g/mol. The molecule has 1 aromatic carbocycles. The quantitative estimate of drug-likeness (QED) is 0.855. The van der Waals surface area contributed by atoms with Crippen LogP contribution in [0.2, 0.25) is 0 Å². The summed E-state index contributed by atoms with van der Waals surface area (Å²) in [5.41, 5.74) is 3.15. The molecule has 1 N–H and O–H groups in total. The summed E-state index contributed by atoms with van der Waals surface area (Å²) in [6, 6.07) is 5.96. The maximum Gasteiger partial charge on any atom is 0.229 e. The van der Waals surface area contributed by atoms with Crippen molar-refractivity contribution in [3.63, 3.8) is 0 Å². The predicted octanol–water partition coefficient (Wildman–Crippen LogP) is 3.14. The molecular weight excluding hydrogens is 374 g/mol.